The lowest BCUT2D eigenvalue weighted by molar-refractivity contribution is -0.148. The van der Waals surface area contributed by atoms with Gasteiger partial charge in [0.2, 0.25) is 0 Å². The molecule has 0 fully saturated rings. The minimum Gasteiger partial charge on any atom is -0.487 e. The van der Waals surface area contributed by atoms with E-state index in [4.69, 9.17) is 4.74 Å². The van der Waals surface area contributed by atoms with Crippen molar-refractivity contribution < 1.29 is 22.3 Å². The molecule has 1 rings (SSSR count). The van der Waals surface area contributed by atoms with Crippen LogP contribution in [0.5, 0.6) is 5.75 Å². The predicted octanol–water partition coefficient (Wildman–Crippen LogP) is 5.56. The van der Waals surface area contributed by atoms with Gasteiger partial charge in [-0.3, -0.25) is 0 Å². The number of alkyl halides is 4. The molecule has 0 aromatic heterocycles. The molecule has 0 N–H and O–H groups in total. The highest BCUT2D eigenvalue weighted by atomic mass is 19.3. The normalized spacial score (nSPS) is 13.6. The number of benzene rings is 1. The van der Waals surface area contributed by atoms with Crippen molar-refractivity contribution in [3.05, 3.63) is 29.3 Å². The average Bonchev–Trinajstić information content (AvgIpc) is 2.33. The SMILES string of the molecule is CC(C)(C)c1ccc(OCC(F)(F)C(F)F)c(C(C)(C)C)c1. The quantitative estimate of drug-likeness (QED) is 0.660. The van der Waals surface area contributed by atoms with E-state index >= 15 is 0 Å². The van der Waals surface area contributed by atoms with Crippen LogP contribution in [0.2, 0.25) is 0 Å². The van der Waals surface area contributed by atoms with Crippen molar-refractivity contribution in [1.29, 1.82) is 0 Å². The van der Waals surface area contributed by atoms with Gasteiger partial charge in [-0.1, -0.05) is 53.7 Å². The number of ether oxygens (including phenoxy) is 1. The molecule has 0 radical (unpaired) electrons. The Morgan fingerprint density at radius 1 is 0.955 bits per heavy atom. The van der Waals surface area contributed by atoms with Crippen molar-refractivity contribution in [3.63, 3.8) is 0 Å². The van der Waals surface area contributed by atoms with Crippen molar-refractivity contribution in [3.8, 4) is 5.75 Å². The summed E-state index contributed by atoms with van der Waals surface area (Å²) in [6, 6.07) is 5.27. The second-order valence-electron chi connectivity index (χ2n) is 7.56. The van der Waals surface area contributed by atoms with Gasteiger partial charge in [-0.05, 0) is 28.0 Å². The second-order valence-corrected chi connectivity index (χ2v) is 7.56. The Balaban J connectivity index is 3.15. The zero-order chi connectivity index (χ0) is 17.3. The van der Waals surface area contributed by atoms with E-state index in [1.165, 1.54) is 0 Å². The standard InChI is InChI=1S/C17H24F4O/c1-15(2,3)11-7-8-13(12(9-11)16(4,5)6)22-10-17(20,21)14(18)19/h7-9,14H,10H2,1-6H3. The third kappa shape index (κ3) is 4.62. The van der Waals surface area contributed by atoms with Crippen LogP contribution in [0.4, 0.5) is 17.6 Å². The van der Waals surface area contributed by atoms with Crippen molar-refractivity contribution in [2.75, 3.05) is 6.61 Å². The summed E-state index contributed by atoms with van der Waals surface area (Å²) >= 11 is 0. The summed E-state index contributed by atoms with van der Waals surface area (Å²) in [5.41, 5.74) is 1.30. The lowest BCUT2D eigenvalue weighted by atomic mass is 9.80. The highest BCUT2D eigenvalue weighted by Gasteiger charge is 2.42. The maximum Gasteiger partial charge on any atom is 0.340 e. The molecule has 0 saturated heterocycles. The fraction of sp³-hybridized carbons (Fsp3) is 0.647. The zero-order valence-electron chi connectivity index (χ0n) is 13.9. The van der Waals surface area contributed by atoms with Crippen LogP contribution in [0.25, 0.3) is 0 Å². The number of hydrogen-bond acceptors (Lipinski definition) is 1. The zero-order valence-corrected chi connectivity index (χ0v) is 13.9. The maximum absolute atomic E-state index is 13.1. The molecular formula is C17H24F4O. The van der Waals surface area contributed by atoms with Gasteiger partial charge in [-0.15, -0.1) is 0 Å². The molecule has 5 heteroatoms. The van der Waals surface area contributed by atoms with Gasteiger partial charge in [0.1, 0.15) is 5.75 Å². The van der Waals surface area contributed by atoms with E-state index in [0.717, 1.165) is 11.1 Å². The Morgan fingerprint density at radius 2 is 1.50 bits per heavy atom. The van der Waals surface area contributed by atoms with Gasteiger partial charge in [0.05, 0.1) is 0 Å². The smallest absolute Gasteiger partial charge is 0.340 e. The molecule has 126 valence electrons. The summed E-state index contributed by atoms with van der Waals surface area (Å²) in [5, 5.41) is 0. The van der Waals surface area contributed by atoms with Crippen LogP contribution >= 0.6 is 0 Å². The largest absolute Gasteiger partial charge is 0.487 e. The molecule has 0 spiro atoms. The Hall–Kier alpha value is -1.26. The van der Waals surface area contributed by atoms with Crippen molar-refractivity contribution in [2.24, 2.45) is 0 Å². The third-order valence-electron chi connectivity index (χ3n) is 3.39. The molecule has 0 unspecified atom stereocenters. The van der Waals surface area contributed by atoms with Gasteiger partial charge in [0.15, 0.2) is 6.61 Å². The highest BCUT2D eigenvalue weighted by Crippen LogP contribution is 2.36. The fourth-order valence-electron chi connectivity index (χ4n) is 1.95. The van der Waals surface area contributed by atoms with E-state index in [2.05, 4.69) is 0 Å². The van der Waals surface area contributed by atoms with Crippen molar-refractivity contribution >= 4 is 0 Å². The highest BCUT2D eigenvalue weighted by molar-refractivity contribution is 5.43. The van der Waals surface area contributed by atoms with Crippen LogP contribution in [-0.4, -0.2) is 19.0 Å². The first-order chi connectivity index (χ1) is 9.75. The molecule has 0 heterocycles. The van der Waals surface area contributed by atoms with Crippen molar-refractivity contribution in [1.82, 2.24) is 0 Å². The molecule has 0 amide bonds. The summed E-state index contributed by atoms with van der Waals surface area (Å²) in [7, 11) is 0. The first kappa shape index (κ1) is 18.8. The molecule has 0 aliphatic heterocycles. The fourth-order valence-corrected chi connectivity index (χ4v) is 1.95. The van der Waals surface area contributed by atoms with Crippen LogP contribution in [0, 0.1) is 0 Å². The van der Waals surface area contributed by atoms with E-state index in [-0.39, 0.29) is 16.6 Å². The van der Waals surface area contributed by atoms with Crippen LogP contribution < -0.4 is 4.74 Å². The minimum atomic E-state index is -4.15. The molecule has 1 nitrogen and oxygen atoms in total. The topological polar surface area (TPSA) is 9.23 Å². The van der Waals surface area contributed by atoms with Crippen LogP contribution in [0.1, 0.15) is 52.7 Å². The number of halogens is 4. The van der Waals surface area contributed by atoms with Gasteiger partial charge in [0, 0.05) is 0 Å². The Bertz CT molecular complexity index is 510. The Labute approximate surface area is 129 Å². The molecule has 0 aliphatic carbocycles. The predicted molar refractivity (Wildman–Crippen MR) is 80.3 cm³/mol. The van der Waals surface area contributed by atoms with Gasteiger partial charge < -0.3 is 4.74 Å². The molecule has 1 aromatic carbocycles. The minimum absolute atomic E-state index is 0.106. The summed E-state index contributed by atoms with van der Waals surface area (Å²) in [4.78, 5) is 0. The Morgan fingerprint density at radius 3 is 1.91 bits per heavy atom. The lowest BCUT2D eigenvalue weighted by Gasteiger charge is -2.28. The maximum atomic E-state index is 13.1. The average molecular weight is 320 g/mol. The summed E-state index contributed by atoms with van der Waals surface area (Å²) in [5.74, 6) is -3.93. The molecule has 22 heavy (non-hydrogen) atoms. The Kier molecular flexibility index (Phi) is 5.20. The first-order valence-corrected chi connectivity index (χ1v) is 7.19. The first-order valence-electron chi connectivity index (χ1n) is 7.19. The summed E-state index contributed by atoms with van der Waals surface area (Å²) < 4.78 is 55.6. The van der Waals surface area contributed by atoms with E-state index < -0.39 is 19.0 Å². The summed E-state index contributed by atoms with van der Waals surface area (Å²) in [6.07, 6.45) is -3.74. The molecule has 0 saturated carbocycles. The number of hydrogen-bond donors (Lipinski definition) is 0. The van der Waals surface area contributed by atoms with Gasteiger partial charge >= 0.3 is 12.3 Å². The van der Waals surface area contributed by atoms with E-state index in [0.29, 0.717) is 0 Å². The second kappa shape index (κ2) is 6.09. The number of rotatable bonds is 4. The van der Waals surface area contributed by atoms with Crippen LogP contribution in [0.3, 0.4) is 0 Å². The van der Waals surface area contributed by atoms with E-state index in [1.807, 2.05) is 47.6 Å². The molecule has 0 bridgehead atoms. The summed E-state index contributed by atoms with van der Waals surface area (Å²) in [6.45, 7) is 10.6. The third-order valence-corrected chi connectivity index (χ3v) is 3.39. The molecule has 1 aromatic rings. The molecule has 0 atom stereocenters. The van der Waals surface area contributed by atoms with E-state index in [1.54, 1.807) is 12.1 Å². The molecular weight excluding hydrogens is 296 g/mol. The van der Waals surface area contributed by atoms with Gasteiger partial charge in [-0.2, -0.15) is 8.78 Å². The van der Waals surface area contributed by atoms with Crippen LogP contribution in [0.15, 0.2) is 18.2 Å². The lowest BCUT2D eigenvalue weighted by Crippen LogP contribution is -2.34. The van der Waals surface area contributed by atoms with Crippen LogP contribution in [-0.2, 0) is 10.8 Å². The van der Waals surface area contributed by atoms with Gasteiger partial charge in [-0.25, -0.2) is 8.78 Å². The molecule has 0 aliphatic rings. The van der Waals surface area contributed by atoms with Crippen molar-refractivity contribution in [2.45, 2.75) is 64.7 Å². The van der Waals surface area contributed by atoms with Gasteiger partial charge in [0.25, 0.3) is 0 Å². The van der Waals surface area contributed by atoms with E-state index in [9.17, 15) is 17.6 Å². The monoisotopic (exact) mass is 320 g/mol.